The van der Waals surface area contributed by atoms with Gasteiger partial charge in [0.1, 0.15) is 12.4 Å². The van der Waals surface area contributed by atoms with Crippen molar-refractivity contribution >= 4 is 11.8 Å². The van der Waals surface area contributed by atoms with Gasteiger partial charge in [0.2, 0.25) is 0 Å². The summed E-state index contributed by atoms with van der Waals surface area (Å²) in [6.07, 6.45) is 8.11. The van der Waals surface area contributed by atoms with Crippen molar-refractivity contribution in [2.75, 3.05) is 33.4 Å². The highest BCUT2D eigenvalue weighted by atomic mass is 16.6. The molecule has 0 radical (unpaired) electrons. The minimum Gasteiger partial charge on any atom is -0.496 e. The molecule has 150 valence electrons. The minimum absolute atomic E-state index is 0.513. The fraction of sp³-hybridized carbons (Fsp3) is 0.609. The summed E-state index contributed by atoms with van der Waals surface area (Å²) in [5, 5.41) is 4.61. The van der Waals surface area contributed by atoms with Crippen molar-refractivity contribution in [3.05, 3.63) is 35.4 Å². The van der Waals surface area contributed by atoms with E-state index in [9.17, 15) is 0 Å². The predicted molar refractivity (Wildman–Crippen MR) is 114 cm³/mol. The third-order valence-corrected chi connectivity index (χ3v) is 5.41. The molecule has 1 aromatic rings. The number of oxime groups is 1. The summed E-state index contributed by atoms with van der Waals surface area (Å²) in [4.78, 5) is 8.12. The summed E-state index contributed by atoms with van der Waals surface area (Å²) < 4.78 is 5.51. The van der Waals surface area contributed by atoms with Gasteiger partial charge >= 0.3 is 0 Å². The summed E-state index contributed by atoms with van der Waals surface area (Å²) in [6.45, 7) is 10.3. The number of allylic oxidation sites excluding steroid dienone is 1. The smallest absolute Gasteiger partial charge is 0.129 e. The Morgan fingerprint density at radius 2 is 1.96 bits per heavy atom. The van der Waals surface area contributed by atoms with E-state index >= 15 is 0 Å². The SMILES string of the molecule is CCCC[C@H]1CCC(=Cc2ccccc2OC)C1=NOCCN(CC)CC. The Labute approximate surface area is 165 Å². The Morgan fingerprint density at radius 1 is 1.19 bits per heavy atom. The maximum absolute atomic E-state index is 5.76. The summed E-state index contributed by atoms with van der Waals surface area (Å²) in [7, 11) is 1.72. The summed E-state index contributed by atoms with van der Waals surface area (Å²) in [5.41, 5.74) is 3.55. The van der Waals surface area contributed by atoms with Crippen LogP contribution < -0.4 is 4.74 Å². The van der Waals surface area contributed by atoms with Crippen molar-refractivity contribution in [3.63, 3.8) is 0 Å². The molecule has 2 rings (SSSR count). The van der Waals surface area contributed by atoms with Crippen LogP contribution in [0.25, 0.3) is 6.08 Å². The molecule has 4 nitrogen and oxygen atoms in total. The van der Waals surface area contributed by atoms with Gasteiger partial charge in [-0.15, -0.1) is 0 Å². The maximum atomic E-state index is 5.76. The van der Waals surface area contributed by atoms with Gasteiger partial charge in [-0.25, -0.2) is 0 Å². The van der Waals surface area contributed by atoms with Crippen molar-refractivity contribution in [3.8, 4) is 5.75 Å². The van der Waals surface area contributed by atoms with Gasteiger partial charge in [0, 0.05) is 18.0 Å². The maximum Gasteiger partial charge on any atom is 0.129 e. The Morgan fingerprint density at radius 3 is 2.67 bits per heavy atom. The van der Waals surface area contributed by atoms with Crippen LogP contribution in [0, 0.1) is 5.92 Å². The largest absolute Gasteiger partial charge is 0.496 e. The Hall–Kier alpha value is -1.81. The molecule has 0 spiro atoms. The second-order valence-corrected chi connectivity index (χ2v) is 7.13. The third-order valence-electron chi connectivity index (χ3n) is 5.41. The van der Waals surface area contributed by atoms with Gasteiger partial charge in [0.25, 0.3) is 0 Å². The molecule has 0 unspecified atom stereocenters. The molecule has 27 heavy (non-hydrogen) atoms. The topological polar surface area (TPSA) is 34.1 Å². The Bertz CT molecular complexity index is 621. The second-order valence-electron chi connectivity index (χ2n) is 7.13. The molecule has 1 aliphatic carbocycles. The lowest BCUT2D eigenvalue weighted by molar-refractivity contribution is 0.113. The number of hydrogen-bond acceptors (Lipinski definition) is 4. The number of likely N-dealkylation sites (N-methyl/N-ethyl adjacent to an activating group) is 1. The van der Waals surface area contributed by atoms with Gasteiger partial charge in [-0.1, -0.05) is 57.0 Å². The number of ether oxygens (including phenoxy) is 1. The van der Waals surface area contributed by atoms with E-state index in [1.807, 2.05) is 12.1 Å². The molecule has 0 bridgehead atoms. The van der Waals surface area contributed by atoms with Crippen LogP contribution in [0.2, 0.25) is 0 Å². The molecule has 0 N–H and O–H groups in total. The predicted octanol–water partition coefficient (Wildman–Crippen LogP) is 5.39. The Kier molecular flexibility index (Phi) is 9.40. The standard InChI is InChI=1S/C23H36N2O2/c1-5-8-11-19-14-15-21(18-20-12-9-10-13-22(20)26-4)23(19)24-27-17-16-25(6-2)7-3/h9-10,12-13,18-19H,5-8,11,14-17H2,1-4H3/t19-/m0/s1. The van der Waals surface area contributed by atoms with Gasteiger partial charge in [-0.05, 0) is 50.1 Å². The van der Waals surface area contributed by atoms with Crippen molar-refractivity contribution in [1.82, 2.24) is 4.90 Å². The van der Waals surface area contributed by atoms with Gasteiger partial charge in [0.05, 0.1) is 12.8 Å². The van der Waals surface area contributed by atoms with Crippen LogP contribution in [0.15, 0.2) is 35.0 Å². The third kappa shape index (κ3) is 6.39. The molecule has 1 fully saturated rings. The first-order chi connectivity index (χ1) is 13.2. The Balaban J connectivity index is 2.14. The van der Waals surface area contributed by atoms with E-state index in [-0.39, 0.29) is 0 Å². The highest BCUT2D eigenvalue weighted by Gasteiger charge is 2.27. The zero-order valence-corrected chi connectivity index (χ0v) is 17.5. The molecule has 0 amide bonds. The molecular formula is C23H36N2O2. The number of nitrogens with zero attached hydrogens (tertiary/aromatic N) is 2. The zero-order valence-electron chi connectivity index (χ0n) is 17.5. The van der Waals surface area contributed by atoms with Crippen molar-refractivity contribution in [2.24, 2.45) is 11.1 Å². The highest BCUT2D eigenvalue weighted by Crippen LogP contribution is 2.34. The quantitative estimate of drug-likeness (QED) is 0.385. The zero-order chi connectivity index (χ0) is 19.5. The average Bonchev–Trinajstić information content (AvgIpc) is 3.08. The van der Waals surface area contributed by atoms with E-state index in [1.54, 1.807) is 7.11 Å². The van der Waals surface area contributed by atoms with Crippen LogP contribution in [-0.4, -0.2) is 44.0 Å². The normalized spacial score (nSPS) is 20.0. The van der Waals surface area contributed by atoms with Crippen molar-refractivity contribution in [1.29, 1.82) is 0 Å². The molecule has 1 saturated carbocycles. The number of methoxy groups -OCH3 is 1. The first kappa shape index (κ1) is 21.5. The van der Waals surface area contributed by atoms with Crippen LogP contribution in [-0.2, 0) is 4.84 Å². The van der Waals surface area contributed by atoms with Gasteiger partial charge in [0.15, 0.2) is 0 Å². The molecular weight excluding hydrogens is 336 g/mol. The van der Waals surface area contributed by atoms with Crippen LogP contribution in [0.1, 0.15) is 58.4 Å². The van der Waals surface area contributed by atoms with E-state index in [0.29, 0.717) is 12.5 Å². The van der Waals surface area contributed by atoms with Crippen LogP contribution in [0.5, 0.6) is 5.75 Å². The molecule has 4 heteroatoms. The molecule has 0 aromatic heterocycles. The lowest BCUT2D eigenvalue weighted by Crippen LogP contribution is -2.26. The first-order valence-corrected chi connectivity index (χ1v) is 10.5. The highest BCUT2D eigenvalue weighted by molar-refractivity contribution is 6.07. The molecule has 0 aliphatic heterocycles. The van der Waals surface area contributed by atoms with E-state index < -0.39 is 0 Å². The summed E-state index contributed by atoms with van der Waals surface area (Å²) >= 11 is 0. The van der Waals surface area contributed by atoms with Gasteiger partial charge in [-0.2, -0.15) is 0 Å². The van der Waals surface area contributed by atoms with Crippen LogP contribution >= 0.6 is 0 Å². The number of hydrogen-bond donors (Lipinski definition) is 0. The van der Waals surface area contributed by atoms with E-state index in [0.717, 1.165) is 43.1 Å². The van der Waals surface area contributed by atoms with E-state index in [1.165, 1.54) is 31.3 Å². The molecule has 0 saturated heterocycles. The summed E-state index contributed by atoms with van der Waals surface area (Å²) in [5.74, 6) is 1.42. The van der Waals surface area contributed by atoms with Crippen molar-refractivity contribution in [2.45, 2.75) is 52.9 Å². The number of rotatable bonds is 11. The fourth-order valence-corrected chi connectivity index (χ4v) is 3.67. The first-order valence-electron chi connectivity index (χ1n) is 10.5. The number of benzene rings is 1. The van der Waals surface area contributed by atoms with Gasteiger partial charge < -0.3 is 14.5 Å². The monoisotopic (exact) mass is 372 g/mol. The molecule has 1 aliphatic rings. The summed E-state index contributed by atoms with van der Waals surface area (Å²) in [6, 6.07) is 8.16. The van der Waals surface area contributed by atoms with Crippen LogP contribution in [0.3, 0.4) is 0 Å². The van der Waals surface area contributed by atoms with E-state index in [2.05, 4.69) is 49.0 Å². The number of unbranched alkanes of at least 4 members (excludes halogenated alkanes) is 1. The number of para-hydroxylation sites is 1. The molecule has 1 aromatic carbocycles. The molecule has 1 atom stereocenters. The average molecular weight is 373 g/mol. The van der Waals surface area contributed by atoms with E-state index in [4.69, 9.17) is 9.57 Å². The van der Waals surface area contributed by atoms with Crippen LogP contribution in [0.4, 0.5) is 0 Å². The fourth-order valence-electron chi connectivity index (χ4n) is 3.67. The molecule has 0 heterocycles. The second kappa shape index (κ2) is 11.8. The van der Waals surface area contributed by atoms with Gasteiger partial charge in [-0.3, -0.25) is 0 Å². The minimum atomic E-state index is 0.513. The van der Waals surface area contributed by atoms with Crippen molar-refractivity contribution < 1.29 is 9.57 Å². The lowest BCUT2D eigenvalue weighted by atomic mass is 9.98. The lowest BCUT2D eigenvalue weighted by Gasteiger charge is -2.17.